The van der Waals surface area contributed by atoms with Gasteiger partial charge in [-0.3, -0.25) is 24.6 Å². The summed E-state index contributed by atoms with van der Waals surface area (Å²) in [6, 6.07) is 11.7. The van der Waals surface area contributed by atoms with E-state index >= 15 is 0 Å². The predicted molar refractivity (Wildman–Crippen MR) is 107 cm³/mol. The summed E-state index contributed by atoms with van der Waals surface area (Å²) in [5.74, 6) is -0.451. The van der Waals surface area contributed by atoms with Gasteiger partial charge in [-0.05, 0) is 23.8 Å². The minimum atomic E-state index is -0.637. The Kier molecular flexibility index (Phi) is 6.79. The number of para-hydroxylation sites is 1. The van der Waals surface area contributed by atoms with E-state index < -0.39 is 4.92 Å². The van der Waals surface area contributed by atoms with Crippen LogP contribution in [0.25, 0.3) is 0 Å². The van der Waals surface area contributed by atoms with Crippen LogP contribution in [0.4, 0.5) is 5.69 Å². The van der Waals surface area contributed by atoms with Gasteiger partial charge in [0.05, 0.1) is 10.5 Å². The number of piperazine rings is 1. The molecule has 0 unspecified atom stereocenters. The van der Waals surface area contributed by atoms with Gasteiger partial charge < -0.3 is 9.64 Å². The molecule has 9 heteroatoms. The molecule has 0 saturated carbocycles. The minimum Gasteiger partial charge on any atom is -0.476 e. The molecule has 0 aromatic heterocycles. The average Bonchev–Trinajstić information content (AvgIpc) is 2.73. The second-order valence-electron chi connectivity index (χ2n) is 6.64. The van der Waals surface area contributed by atoms with Crippen LogP contribution in [0.2, 0.25) is 5.02 Å². The highest BCUT2D eigenvalue weighted by Crippen LogP contribution is 2.29. The normalized spacial score (nSPS) is 14.4. The van der Waals surface area contributed by atoms with Crippen LogP contribution in [0, 0.1) is 10.1 Å². The molecule has 8 nitrogen and oxygen atoms in total. The Morgan fingerprint density at radius 1 is 1.14 bits per heavy atom. The molecule has 1 amide bonds. The first kappa shape index (κ1) is 20.8. The van der Waals surface area contributed by atoms with Crippen molar-refractivity contribution in [2.24, 2.45) is 0 Å². The van der Waals surface area contributed by atoms with Crippen LogP contribution in [0.3, 0.4) is 0 Å². The van der Waals surface area contributed by atoms with Crippen LogP contribution < -0.4 is 4.74 Å². The van der Waals surface area contributed by atoms with E-state index in [4.69, 9.17) is 16.3 Å². The van der Waals surface area contributed by atoms with Gasteiger partial charge in [-0.2, -0.15) is 0 Å². The van der Waals surface area contributed by atoms with Gasteiger partial charge in [-0.25, -0.2) is 0 Å². The first-order valence-electron chi connectivity index (χ1n) is 9.08. The van der Waals surface area contributed by atoms with Crippen molar-refractivity contribution in [1.29, 1.82) is 0 Å². The summed E-state index contributed by atoms with van der Waals surface area (Å²) >= 11 is 5.90. The molecule has 1 aliphatic heterocycles. The van der Waals surface area contributed by atoms with Gasteiger partial charge in [0, 0.05) is 43.8 Å². The van der Waals surface area contributed by atoms with Crippen molar-refractivity contribution >= 4 is 29.5 Å². The van der Waals surface area contributed by atoms with Crippen molar-refractivity contribution in [3.8, 4) is 5.75 Å². The van der Waals surface area contributed by atoms with E-state index in [0.29, 0.717) is 37.5 Å². The van der Waals surface area contributed by atoms with Crippen molar-refractivity contribution in [3.63, 3.8) is 0 Å². The van der Waals surface area contributed by atoms with Gasteiger partial charge in [0.25, 0.3) is 5.91 Å². The third kappa shape index (κ3) is 5.30. The lowest BCUT2D eigenvalue weighted by Gasteiger charge is -2.34. The zero-order valence-electron chi connectivity index (χ0n) is 15.6. The van der Waals surface area contributed by atoms with Crippen molar-refractivity contribution in [3.05, 3.63) is 68.7 Å². The first-order valence-corrected chi connectivity index (χ1v) is 9.45. The fraction of sp³-hybridized carbons (Fsp3) is 0.300. The van der Waals surface area contributed by atoms with E-state index in [1.807, 2.05) is 24.3 Å². The molecule has 1 fully saturated rings. The van der Waals surface area contributed by atoms with Crippen LogP contribution in [0.15, 0.2) is 42.5 Å². The molecule has 2 aromatic carbocycles. The largest absolute Gasteiger partial charge is 0.476 e. The summed E-state index contributed by atoms with van der Waals surface area (Å²) in [6.45, 7) is 2.90. The lowest BCUT2D eigenvalue weighted by Crippen LogP contribution is -2.49. The molecule has 152 valence electrons. The number of aldehydes is 1. The van der Waals surface area contributed by atoms with Crippen molar-refractivity contribution in [2.75, 3.05) is 32.8 Å². The molecule has 0 radical (unpaired) electrons. The van der Waals surface area contributed by atoms with Crippen molar-refractivity contribution < 1.29 is 19.2 Å². The van der Waals surface area contributed by atoms with E-state index in [0.717, 1.165) is 12.1 Å². The van der Waals surface area contributed by atoms with Crippen LogP contribution in [-0.4, -0.2) is 59.7 Å². The molecule has 0 aliphatic carbocycles. The molecule has 29 heavy (non-hydrogen) atoms. The molecule has 0 atom stereocenters. The van der Waals surface area contributed by atoms with Gasteiger partial charge in [0.2, 0.25) is 5.75 Å². The van der Waals surface area contributed by atoms with Crippen molar-refractivity contribution in [2.45, 2.75) is 6.54 Å². The lowest BCUT2D eigenvalue weighted by molar-refractivity contribution is -0.385. The molecule has 2 aromatic rings. The molecule has 0 N–H and O–H groups in total. The van der Waals surface area contributed by atoms with Crippen molar-refractivity contribution in [1.82, 2.24) is 9.80 Å². The fourth-order valence-corrected chi connectivity index (χ4v) is 3.29. The number of nitro benzene ring substituents is 1. The third-order valence-corrected chi connectivity index (χ3v) is 4.98. The molecule has 1 aliphatic rings. The number of ether oxygens (including phenoxy) is 1. The van der Waals surface area contributed by atoms with Gasteiger partial charge in [0.1, 0.15) is 0 Å². The Labute approximate surface area is 172 Å². The minimum absolute atomic E-state index is 0.0415. The maximum absolute atomic E-state index is 12.5. The summed E-state index contributed by atoms with van der Waals surface area (Å²) in [7, 11) is 0. The highest BCUT2D eigenvalue weighted by atomic mass is 35.5. The molecule has 0 bridgehead atoms. The Morgan fingerprint density at radius 2 is 1.83 bits per heavy atom. The Balaban J connectivity index is 1.53. The number of carbonyl (C=O) groups excluding carboxylic acids is 2. The number of halogens is 1. The average molecular weight is 418 g/mol. The van der Waals surface area contributed by atoms with Gasteiger partial charge >= 0.3 is 5.69 Å². The van der Waals surface area contributed by atoms with Crippen LogP contribution in [0.5, 0.6) is 5.75 Å². The zero-order valence-corrected chi connectivity index (χ0v) is 16.4. The SMILES string of the molecule is O=Cc1cccc([N+](=O)[O-])c1OCC(=O)N1CCN(Cc2ccc(Cl)cc2)CC1. The Morgan fingerprint density at radius 3 is 2.45 bits per heavy atom. The molecule has 1 saturated heterocycles. The second kappa shape index (κ2) is 9.49. The van der Waals surface area contributed by atoms with Gasteiger partial charge in [-0.15, -0.1) is 0 Å². The molecule has 0 spiro atoms. The number of hydrogen-bond acceptors (Lipinski definition) is 6. The topological polar surface area (TPSA) is 93.0 Å². The molecular weight excluding hydrogens is 398 g/mol. The zero-order chi connectivity index (χ0) is 20.8. The van der Waals surface area contributed by atoms with E-state index in [1.54, 1.807) is 4.90 Å². The number of nitrogens with zero attached hydrogens (tertiary/aromatic N) is 3. The number of nitro groups is 1. The summed E-state index contributed by atoms with van der Waals surface area (Å²) in [4.78, 5) is 38.0. The maximum atomic E-state index is 12.5. The van der Waals surface area contributed by atoms with E-state index in [2.05, 4.69) is 4.90 Å². The third-order valence-electron chi connectivity index (χ3n) is 4.73. The van der Waals surface area contributed by atoms with Gasteiger partial charge in [0.15, 0.2) is 12.9 Å². The monoisotopic (exact) mass is 417 g/mol. The number of rotatable bonds is 7. The predicted octanol–water partition coefficient (Wildman–Crippen LogP) is 2.78. The maximum Gasteiger partial charge on any atom is 0.311 e. The summed E-state index contributed by atoms with van der Waals surface area (Å²) in [5.41, 5.74) is 0.852. The fourth-order valence-electron chi connectivity index (χ4n) is 3.16. The lowest BCUT2D eigenvalue weighted by atomic mass is 10.2. The standard InChI is InChI=1S/C20H20ClN3O5/c21-17-6-4-15(5-7-17)12-22-8-10-23(11-9-22)19(26)14-29-20-16(13-25)2-1-3-18(20)24(27)28/h1-7,13H,8-12,14H2. The summed E-state index contributed by atoms with van der Waals surface area (Å²) in [5, 5.41) is 11.8. The van der Waals surface area contributed by atoms with E-state index in [-0.39, 0.29) is 29.5 Å². The molecular formula is C20H20ClN3O5. The van der Waals surface area contributed by atoms with Crippen LogP contribution in [-0.2, 0) is 11.3 Å². The first-order chi connectivity index (χ1) is 14.0. The van der Waals surface area contributed by atoms with Crippen LogP contribution in [0.1, 0.15) is 15.9 Å². The number of hydrogen-bond donors (Lipinski definition) is 0. The van der Waals surface area contributed by atoms with E-state index in [9.17, 15) is 19.7 Å². The Bertz CT molecular complexity index is 895. The van der Waals surface area contributed by atoms with Crippen LogP contribution >= 0.6 is 11.6 Å². The highest BCUT2D eigenvalue weighted by Gasteiger charge is 2.24. The molecule has 3 rings (SSSR count). The quantitative estimate of drug-likeness (QED) is 0.390. The van der Waals surface area contributed by atoms with E-state index in [1.165, 1.54) is 18.2 Å². The van der Waals surface area contributed by atoms with Gasteiger partial charge in [-0.1, -0.05) is 29.8 Å². The Hall–Kier alpha value is -2.97. The molecule has 1 heterocycles. The number of carbonyl (C=O) groups is 2. The summed E-state index contributed by atoms with van der Waals surface area (Å²) in [6.07, 6.45) is 0.475. The highest BCUT2D eigenvalue weighted by molar-refractivity contribution is 6.30. The smallest absolute Gasteiger partial charge is 0.311 e. The summed E-state index contributed by atoms with van der Waals surface area (Å²) < 4.78 is 5.38. The second-order valence-corrected chi connectivity index (χ2v) is 7.08. The number of amides is 1. The number of benzene rings is 2.